The Morgan fingerprint density at radius 2 is 2.19 bits per heavy atom. The zero-order valence-electron chi connectivity index (χ0n) is 10.6. The fourth-order valence-corrected chi connectivity index (χ4v) is 2.25. The highest BCUT2D eigenvalue weighted by molar-refractivity contribution is 4.80. The van der Waals surface area contributed by atoms with Crippen molar-refractivity contribution in [3.05, 3.63) is 0 Å². The molecule has 0 aromatic heterocycles. The molecule has 0 amide bonds. The average Bonchev–Trinajstić information content (AvgIpc) is 2.22. The highest BCUT2D eigenvalue weighted by Gasteiger charge is 2.27. The van der Waals surface area contributed by atoms with Crippen molar-refractivity contribution in [2.45, 2.75) is 38.4 Å². The molecule has 0 radical (unpaired) electrons. The van der Waals surface area contributed by atoms with Crippen molar-refractivity contribution < 1.29 is 9.84 Å². The molecule has 0 spiro atoms. The van der Waals surface area contributed by atoms with Crippen LogP contribution in [0.5, 0.6) is 0 Å². The molecule has 1 saturated carbocycles. The Hall–Kier alpha value is -0.160. The minimum Gasteiger partial charge on any atom is -0.393 e. The Bertz CT molecular complexity index is 184. The summed E-state index contributed by atoms with van der Waals surface area (Å²) in [6, 6.07) is 0. The van der Waals surface area contributed by atoms with Crippen molar-refractivity contribution in [1.29, 1.82) is 0 Å². The molecule has 0 aromatic carbocycles. The quantitative estimate of drug-likeness (QED) is 0.635. The molecule has 0 bridgehead atoms. The summed E-state index contributed by atoms with van der Waals surface area (Å²) < 4.78 is 5.51. The molecule has 0 aromatic rings. The van der Waals surface area contributed by atoms with Crippen LogP contribution >= 0.6 is 0 Å². The van der Waals surface area contributed by atoms with E-state index in [9.17, 15) is 5.11 Å². The Kier molecular flexibility index (Phi) is 6.28. The molecule has 1 atom stereocenters. The van der Waals surface area contributed by atoms with Gasteiger partial charge in [0.25, 0.3) is 0 Å². The zero-order valence-corrected chi connectivity index (χ0v) is 10.6. The first kappa shape index (κ1) is 13.9. The maximum absolute atomic E-state index is 9.20. The van der Waals surface area contributed by atoms with Gasteiger partial charge in [-0.25, -0.2) is 0 Å². The number of aliphatic hydroxyl groups excluding tert-OH is 1. The molecule has 3 N–H and O–H groups in total. The van der Waals surface area contributed by atoms with Crippen LogP contribution in [0, 0.1) is 5.92 Å². The lowest BCUT2D eigenvalue weighted by atomic mass is 9.82. The third-order valence-electron chi connectivity index (χ3n) is 3.28. The van der Waals surface area contributed by atoms with Crippen LogP contribution in [-0.2, 0) is 4.74 Å². The van der Waals surface area contributed by atoms with Gasteiger partial charge in [0.2, 0.25) is 0 Å². The van der Waals surface area contributed by atoms with Crippen molar-refractivity contribution >= 4 is 0 Å². The van der Waals surface area contributed by atoms with Crippen molar-refractivity contribution in [2.24, 2.45) is 11.7 Å². The van der Waals surface area contributed by atoms with E-state index in [2.05, 4.69) is 11.9 Å². The molecule has 1 unspecified atom stereocenters. The molecular formula is C12H26N2O2. The van der Waals surface area contributed by atoms with Gasteiger partial charge in [-0.3, -0.25) is 0 Å². The van der Waals surface area contributed by atoms with E-state index in [0.717, 1.165) is 39.0 Å². The summed E-state index contributed by atoms with van der Waals surface area (Å²) in [6.07, 6.45) is 3.08. The molecule has 1 aliphatic rings. The Labute approximate surface area is 98.8 Å². The number of aliphatic hydroxyl groups is 1. The summed E-state index contributed by atoms with van der Waals surface area (Å²) in [7, 11) is 2.13. The molecule has 4 nitrogen and oxygen atoms in total. The lowest BCUT2D eigenvalue weighted by Crippen LogP contribution is -2.38. The summed E-state index contributed by atoms with van der Waals surface area (Å²) in [5.74, 6) is 0.684. The van der Waals surface area contributed by atoms with Gasteiger partial charge in [-0.1, -0.05) is 0 Å². The van der Waals surface area contributed by atoms with E-state index < -0.39 is 0 Å². The van der Waals surface area contributed by atoms with Crippen LogP contribution in [0.4, 0.5) is 0 Å². The smallest absolute Gasteiger partial charge is 0.0709 e. The molecule has 1 fully saturated rings. The van der Waals surface area contributed by atoms with Crippen molar-refractivity contribution in [3.8, 4) is 0 Å². The molecule has 16 heavy (non-hydrogen) atoms. The summed E-state index contributed by atoms with van der Waals surface area (Å²) in [5.41, 5.74) is 5.63. The second kappa shape index (κ2) is 7.22. The summed E-state index contributed by atoms with van der Waals surface area (Å²) in [4.78, 5) is 2.32. The summed E-state index contributed by atoms with van der Waals surface area (Å²) >= 11 is 0. The number of hydrogen-bond acceptors (Lipinski definition) is 4. The predicted molar refractivity (Wildman–Crippen MR) is 65.3 cm³/mol. The Morgan fingerprint density at radius 3 is 2.69 bits per heavy atom. The fraction of sp³-hybridized carbons (Fsp3) is 1.00. The Morgan fingerprint density at radius 1 is 1.50 bits per heavy atom. The normalized spacial score (nSPS) is 26.8. The fourth-order valence-electron chi connectivity index (χ4n) is 2.25. The second-order valence-corrected chi connectivity index (χ2v) is 4.86. The van der Waals surface area contributed by atoms with Gasteiger partial charge in [0.15, 0.2) is 0 Å². The third kappa shape index (κ3) is 4.78. The lowest BCUT2D eigenvalue weighted by molar-refractivity contribution is 0.0219. The largest absolute Gasteiger partial charge is 0.393 e. The van der Waals surface area contributed by atoms with Crippen LogP contribution < -0.4 is 5.73 Å². The van der Waals surface area contributed by atoms with Gasteiger partial charge in [0, 0.05) is 26.2 Å². The van der Waals surface area contributed by atoms with Crippen molar-refractivity contribution in [1.82, 2.24) is 4.90 Å². The summed E-state index contributed by atoms with van der Waals surface area (Å²) in [6.45, 7) is 5.45. The third-order valence-corrected chi connectivity index (χ3v) is 3.28. The minimum atomic E-state index is -0.0429. The number of nitrogens with zero attached hydrogens (tertiary/aromatic N) is 1. The molecule has 1 aliphatic carbocycles. The molecule has 1 rings (SSSR count). The van der Waals surface area contributed by atoms with Gasteiger partial charge in [0.1, 0.15) is 0 Å². The molecule has 4 heteroatoms. The first-order valence-corrected chi connectivity index (χ1v) is 6.34. The lowest BCUT2D eigenvalue weighted by Gasteiger charge is -2.34. The van der Waals surface area contributed by atoms with Crippen LogP contribution in [0.15, 0.2) is 0 Å². The van der Waals surface area contributed by atoms with E-state index in [4.69, 9.17) is 10.5 Å². The minimum absolute atomic E-state index is 0.0429. The van der Waals surface area contributed by atoms with Gasteiger partial charge < -0.3 is 20.5 Å². The van der Waals surface area contributed by atoms with Gasteiger partial charge in [-0.2, -0.15) is 0 Å². The van der Waals surface area contributed by atoms with Crippen molar-refractivity contribution in [2.75, 3.05) is 33.3 Å². The SMILES string of the molecule is CCOC(CN)CCN(C)CC1CC(O)C1. The molecule has 0 aliphatic heterocycles. The maximum Gasteiger partial charge on any atom is 0.0709 e. The molecule has 0 heterocycles. The first-order valence-electron chi connectivity index (χ1n) is 6.34. The number of hydrogen-bond donors (Lipinski definition) is 2. The van der Waals surface area contributed by atoms with Crippen LogP contribution in [0.3, 0.4) is 0 Å². The van der Waals surface area contributed by atoms with E-state index in [1.54, 1.807) is 0 Å². The average molecular weight is 230 g/mol. The Balaban J connectivity index is 2.06. The zero-order chi connectivity index (χ0) is 12.0. The van der Waals surface area contributed by atoms with Crippen LogP contribution in [-0.4, -0.2) is 55.5 Å². The monoisotopic (exact) mass is 230 g/mol. The van der Waals surface area contributed by atoms with Crippen LogP contribution in [0.25, 0.3) is 0 Å². The van der Waals surface area contributed by atoms with Crippen molar-refractivity contribution in [3.63, 3.8) is 0 Å². The maximum atomic E-state index is 9.20. The van der Waals surface area contributed by atoms with Gasteiger partial charge in [-0.05, 0) is 39.2 Å². The molecule has 0 saturated heterocycles. The topological polar surface area (TPSA) is 58.7 Å². The van der Waals surface area contributed by atoms with E-state index in [-0.39, 0.29) is 12.2 Å². The van der Waals surface area contributed by atoms with Crippen LogP contribution in [0.2, 0.25) is 0 Å². The molecule has 96 valence electrons. The number of nitrogens with two attached hydrogens (primary N) is 1. The predicted octanol–water partition coefficient (Wildman–Crippen LogP) is 0.443. The van der Waals surface area contributed by atoms with E-state index >= 15 is 0 Å². The van der Waals surface area contributed by atoms with Gasteiger partial charge in [-0.15, -0.1) is 0 Å². The second-order valence-electron chi connectivity index (χ2n) is 4.86. The first-order chi connectivity index (χ1) is 7.65. The van der Waals surface area contributed by atoms with Crippen LogP contribution in [0.1, 0.15) is 26.2 Å². The highest BCUT2D eigenvalue weighted by Crippen LogP contribution is 2.27. The van der Waals surface area contributed by atoms with Gasteiger partial charge in [0.05, 0.1) is 12.2 Å². The highest BCUT2D eigenvalue weighted by atomic mass is 16.5. The van der Waals surface area contributed by atoms with E-state index in [0.29, 0.717) is 12.5 Å². The number of rotatable bonds is 8. The molecular weight excluding hydrogens is 204 g/mol. The summed E-state index contributed by atoms with van der Waals surface area (Å²) in [5, 5.41) is 9.20. The van der Waals surface area contributed by atoms with Gasteiger partial charge >= 0.3 is 0 Å². The van der Waals surface area contributed by atoms with E-state index in [1.165, 1.54) is 0 Å². The van der Waals surface area contributed by atoms with E-state index in [1.807, 2.05) is 6.92 Å². The number of ether oxygens (including phenoxy) is 1. The standard InChI is InChI=1S/C12H26N2O2/c1-3-16-12(8-13)4-5-14(2)9-10-6-11(15)7-10/h10-12,15H,3-9,13H2,1-2H3.